The molecule has 20 heavy (non-hydrogen) atoms. The number of benzene rings is 1. The Morgan fingerprint density at radius 3 is 2.30 bits per heavy atom. The quantitative estimate of drug-likeness (QED) is 0.900. The molecule has 3 rings (SSSR count). The molecule has 110 valence electrons. The number of nitrogens with zero attached hydrogens (tertiary/aromatic N) is 1. The summed E-state index contributed by atoms with van der Waals surface area (Å²) in [4.78, 5) is 2.65. The van der Waals surface area contributed by atoms with E-state index in [1.807, 2.05) is 0 Å². The van der Waals surface area contributed by atoms with Crippen LogP contribution in [0, 0.1) is 6.92 Å². The van der Waals surface area contributed by atoms with E-state index in [1.54, 1.807) is 0 Å². The van der Waals surface area contributed by atoms with Gasteiger partial charge in [0.15, 0.2) is 0 Å². The zero-order chi connectivity index (χ0) is 14.1. The molecule has 1 aromatic carbocycles. The first-order chi connectivity index (χ1) is 9.67. The summed E-state index contributed by atoms with van der Waals surface area (Å²) in [6.07, 6.45) is 6.62. The average molecular weight is 272 g/mol. The van der Waals surface area contributed by atoms with Crippen molar-refractivity contribution in [2.45, 2.75) is 70.1 Å². The Morgan fingerprint density at radius 1 is 1.15 bits per heavy atom. The van der Waals surface area contributed by atoms with Crippen molar-refractivity contribution in [3.8, 4) is 0 Å². The molecular formula is C18H28N2. The standard InChI is InChI=1S/C18H28N2/c1-4-18(14-7-5-13(2)6-8-14)20(3)17-11-15-9-10-16(12-17)19-15/h5-8,15-19H,4,9-12H2,1-3H3. The lowest BCUT2D eigenvalue weighted by molar-refractivity contribution is 0.121. The molecule has 0 aliphatic carbocycles. The van der Waals surface area contributed by atoms with Gasteiger partial charge in [-0.25, -0.2) is 0 Å². The summed E-state index contributed by atoms with van der Waals surface area (Å²) >= 11 is 0. The van der Waals surface area contributed by atoms with Crippen molar-refractivity contribution in [2.24, 2.45) is 0 Å². The van der Waals surface area contributed by atoms with Crippen molar-refractivity contribution in [1.82, 2.24) is 10.2 Å². The van der Waals surface area contributed by atoms with E-state index in [2.05, 4.69) is 55.4 Å². The van der Waals surface area contributed by atoms with Gasteiger partial charge in [-0.1, -0.05) is 36.8 Å². The van der Waals surface area contributed by atoms with Crippen LogP contribution in [0.2, 0.25) is 0 Å². The zero-order valence-electron chi connectivity index (χ0n) is 13.1. The van der Waals surface area contributed by atoms with Crippen molar-refractivity contribution >= 4 is 0 Å². The van der Waals surface area contributed by atoms with E-state index < -0.39 is 0 Å². The van der Waals surface area contributed by atoms with E-state index in [0.29, 0.717) is 6.04 Å². The molecule has 2 heteroatoms. The van der Waals surface area contributed by atoms with Gasteiger partial charge in [-0.3, -0.25) is 4.90 Å². The van der Waals surface area contributed by atoms with Crippen LogP contribution in [-0.4, -0.2) is 30.1 Å². The predicted octanol–water partition coefficient (Wildman–Crippen LogP) is 3.66. The fourth-order valence-electron chi connectivity index (χ4n) is 4.16. The SMILES string of the molecule is CCC(c1ccc(C)cc1)N(C)C1CC2CCC(C1)N2. The highest BCUT2D eigenvalue weighted by Crippen LogP contribution is 2.34. The van der Waals surface area contributed by atoms with Gasteiger partial charge >= 0.3 is 0 Å². The van der Waals surface area contributed by atoms with Crippen LogP contribution in [0.1, 0.15) is 56.2 Å². The molecule has 2 nitrogen and oxygen atoms in total. The molecule has 2 heterocycles. The van der Waals surface area contributed by atoms with Crippen LogP contribution < -0.4 is 5.32 Å². The summed E-state index contributed by atoms with van der Waals surface area (Å²) in [5, 5.41) is 3.75. The lowest BCUT2D eigenvalue weighted by atomic mass is 9.94. The fourth-order valence-corrected chi connectivity index (χ4v) is 4.16. The van der Waals surface area contributed by atoms with E-state index in [9.17, 15) is 0 Å². The van der Waals surface area contributed by atoms with Gasteiger partial charge in [0, 0.05) is 24.2 Å². The molecule has 3 atom stereocenters. The van der Waals surface area contributed by atoms with Crippen LogP contribution in [0.25, 0.3) is 0 Å². The second-order valence-corrected chi connectivity index (χ2v) is 6.76. The van der Waals surface area contributed by atoms with E-state index in [-0.39, 0.29) is 0 Å². The lowest BCUT2D eigenvalue weighted by Crippen LogP contribution is -2.47. The summed E-state index contributed by atoms with van der Waals surface area (Å²) in [5.41, 5.74) is 2.83. The Labute approximate surface area is 123 Å². The van der Waals surface area contributed by atoms with Gasteiger partial charge in [-0.15, -0.1) is 0 Å². The van der Waals surface area contributed by atoms with Gasteiger partial charge < -0.3 is 5.32 Å². The third-order valence-electron chi connectivity index (χ3n) is 5.36. The van der Waals surface area contributed by atoms with E-state index >= 15 is 0 Å². The van der Waals surface area contributed by atoms with Gasteiger partial charge in [0.05, 0.1) is 0 Å². The molecule has 0 radical (unpaired) electrons. The van der Waals surface area contributed by atoms with Crippen LogP contribution in [0.4, 0.5) is 0 Å². The molecule has 2 aliphatic rings. The molecule has 2 saturated heterocycles. The van der Waals surface area contributed by atoms with Crippen LogP contribution in [0.3, 0.4) is 0 Å². The van der Waals surface area contributed by atoms with Gasteiger partial charge in [-0.2, -0.15) is 0 Å². The Bertz CT molecular complexity index is 427. The molecule has 0 spiro atoms. The normalized spacial score (nSPS) is 30.7. The third-order valence-corrected chi connectivity index (χ3v) is 5.36. The second kappa shape index (κ2) is 5.87. The second-order valence-electron chi connectivity index (χ2n) is 6.76. The molecule has 1 N–H and O–H groups in total. The highest BCUT2D eigenvalue weighted by atomic mass is 15.2. The minimum Gasteiger partial charge on any atom is -0.311 e. The molecule has 3 unspecified atom stereocenters. The maximum Gasteiger partial charge on any atom is 0.0345 e. The van der Waals surface area contributed by atoms with Gasteiger partial charge in [0.2, 0.25) is 0 Å². The molecule has 0 aromatic heterocycles. The molecule has 1 aromatic rings. The molecule has 0 amide bonds. The van der Waals surface area contributed by atoms with Gasteiger partial charge in [-0.05, 0) is 51.6 Å². The number of fused-ring (bicyclic) bond motifs is 2. The largest absolute Gasteiger partial charge is 0.311 e. The fraction of sp³-hybridized carbons (Fsp3) is 0.667. The van der Waals surface area contributed by atoms with Crippen molar-refractivity contribution in [3.63, 3.8) is 0 Å². The van der Waals surface area contributed by atoms with Crippen molar-refractivity contribution in [2.75, 3.05) is 7.05 Å². The summed E-state index contributed by atoms with van der Waals surface area (Å²) in [6, 6.07) is 12.0. The van der Waals surface area contributed by atoms with Crippen LogP contribution in [0.15, 0.2) is 24.3 Å². The number of rotatable bonds is 4. The summed E-state index contributed by atoms with van der Waals surface area (Å²) in [6.45, 7) is 4.48. The molecule has 2 bridgehead atoms. The minimum atomic E-state index is 0.568. The van der Waals surface area contributed by atoms with Crippen LogP contribution in [-0.2, 0) is 0 Å². The lowest BCUT2D eigenvalue weighted by Gasteiger charge is -2.40. The first kappa shape index (κ1) is 14.1. The summed E-state index contributed by atoms with van der Waals surface area (Å²) in [5.74, 6) is 0. The Hall–Kier alpha value is -0.860. The first-order valence-corrected chi connectivity index (χ1v) is 8.22. The van der Waals surface area contributed by atoms with E-state index in [0.717, 1.165) is 18.1 Å². The average Bonchev–Trinajstić information content (AvgIpc) is 2.80. The third kappa shape index (κ3) is 2.77. The van der Waals surface area contributed by atoms with Crippen molar-refractivity contribution < 1.29 is 0 Å². The van der Waals surface area contributed by atoms with E-state index in [4.69, 9.17) is 0 Å². The monoisotopic (exact) mass is 272 g/mol. The maximum atomic E-state index is 3.75. The number of aryl methyl sites for hydroxylation is 1. The molecular weight excluding hydrogens is 244 g/mol. The zero-order valence-corrected chi connectivity index (χ0v) is 13.1. The van der Waals surface area contributed by atoms with Gasteiger partial charge in [0.25, 0.3) is 0 Å². The Morgan fingerprint density at radius 2 is 1.75 bits per heavy atom. The number of hydrogen-bond donors (Lipinski definition) is 1. The smallest absolute Gasteiger partial charge is 0.0345 e. The van der Waals surface area contributed by atoms with Crippen LogP contribution in [0.5, 0.6) is 0 Å². The Kier molecular flexibility index (Phi) is 4.13. The van der Waals surface area contributed by atoms with Gasteiger partial charge in [0.1, 0.15) is 0 Å². The number of piperidine rings is 1. The van der Waals surface area contributed by atoms with Crippen LogP contribution >= 0.6 is 0 Å². The number of nitrogens with one attached hydrogen (secondary N) is 1. The molecule has 2 fully saturated rings. The summed E-state index contributed by atoms with van der Waals surface area (Å²) in [7, 11) is 2.34. The topological polar surface area (TPSA) is 15.3 Å². The van der Waals surface area contributed by atoms with E-state index in [1.165, 1.54) is 43.2 Å². The highest BCUT2D eigenvalue weighted by molar-refractivity contribution is 5.24. The Balaban J connectivity index is 1.73. The molecule has 2 aliphatic heterocycles. The number of hydrogen-bond acceptors (Lipinski definition) is 2. The summed E-state index contributed by atoms with van der Waals surface area (Å²) < 4.78 is 0. The van der Waals surface area contributed by atoms with Crippen molar-refractivity contribution in [3.05, 3.63) is 35.4 Å². The maximum absolute atomic E-state index is 3.75. The van der Waals surface area contributed by atoms with Crippen molar-refractivity contribution in [1.29, 1.82) is 0 Å². The highest BCUT2D eigenvalue weighted by Gasteiger charge is 2.36. The minimum absolute atomic E-state index is 0.568. The molecule has 0 saturated carbocycles. The first-order valence-electron chi connectivity index (χ1n) is 8.22. The predicted molar refractivity (Wildman–Crippen MR) is 84.9 cm³/mol.